The number of alkyl carbamates (subject to hydrolysis) is 1. The largest absolute Gasteiger partial charge is 0.463 e. The van der Waals surface area contributed by atoms with E-state index in [1.54, 1.807) is 20.8 Å². The van der Waals surface area contributed by atoms with Crippen LogP contribution in [0.15, 0.2) is 96.0 Å². The predicted molar refractivity (Wildman–Crippen MR) is 170 cm³/mol. The van der Waals surface area contributed by atoms with Gasteiger partial charge in [-0.2, -0.15) is 0 Å². The molecule has 4 N–H and O–H groups in total. The van der Waals surface area contributed by atoms with E-state index >= 15 is 0 Å². The Hall–Kier alpha value is -5.19. The minimum Gasteiger partial charge on any atom is -0.463 e. The summed E-state index contributed by atoms with van der Waals surface area (Å²) in [6.07, 6.45) is -0.930. The van der Waals surface area contributed by atoms with Crippen LogP contribution < -0.4 is 16.0 Å². The number of hydrogen-bond acceptors (Lipinski definition) is 5. The van der Waals surface area contributed by atoms with Crippen molar-refractivity contribution >= 4 is 30.0 Å². The van der Waals surface area contributed by atoms with Crippen molar-refractivity contribution in [2.75, 3.05) is 13.1 Å². The Morgan fingerprint density at radius 2 is 1.47 bits per heavy atom. The zero-order chi connectivity index (χ0) is 32.5. The van der Waals surface area contributed by atoms with Gasteiger partial charge in [0, 0.05) is 19.5 Å². The molecule has 0 aliphatic carbocycles. The van der Waals surface area contributed by atoms with Crippen LogP contribution in [0.2, 0.25) is 0 Å². The van der Waals surface area contributed by atoms with Crippen molar-refractivity contribution in [1.29, 1.82) is 0 Å². The number of nitrogens with one attached hydrogen (secondary N) is 3. The molecule has 3 aromatic carbocycles. The van der Waals surface area contributed by atoms with E-state index in [4.69, 9.17) is 4.74 Å². The molecule has 1 heterocycles. The van der Waals surface area contributed by atoms with Gasteiger partial charge in [0.05, 0.1) is 0 Å². The van der Waals surface area contributed by atoms with Crippen LogP contribution in [0.5, 0.6) is 0 Å². The van der Waals surface area contributed by atoms with Crippen molar-refractivity contribution in [2.24, 2.45) is 4.99 Å². The third-order valence-corrected chi connectivity index (χ3v) is 7.13. The number of carboxylic acid groups (broad SMARTS) is 1. The van der Waals surface area contributed by atoms with Gasteiger partial charge in [0.2, 0.25) is 11.9 Å². The third-order valence-electron chi connectivity index (χ3n) is 7.13. The molecule has 1 aliphatic rings. The molecule has 0 spiro atoms. The Labute approximate surface area is 262 Å². The summed E-state index contributed by atoms with van der Waals surface area (Å²) in [5.74, 6) is -0.786. The number of nitrogens with zero attached hydrogens (tertiary/aromatic N) is 2. The number of aliphatic imine (C=N–C) groups is 1. The lowest BCUT2D eigenvalue weighted by Crippen LogP contribution is -2.49. The highest BCUT2D eigenvalue weighted by molar-refractivity contribution is 6.13. The lowest BCUT2D eigenvalue weighted by atomic mass is 9.82. The van der Waals surface area contributed by atoms with Gasteiger partial charge in [0.15, 0.2) is 5.54 Å². The van der Waals surface area contributed by atoms with Crippen molar-refractivity contribution in [1.82, 2.24) is 20.9 Å². The second-order valence-electron chi connectivity index (χ2n) is 11.7. The average molecular weight is 614 g/mol. The lowest BCUT2D eigenvalue weighted by molar-refractivity contribution is -0.130. The van der Waals surface area contributed by atoms with Gasteiger partial charge in [0.1, 0.15) is 11.6 Å². The Morgan fingerprint density at radius 3 is 2.00 bits per heavy atom. The molecule has 1 saturated heterocycles. The van der Waals surface area contributed by atoms with E-state index in [0.29, 0.717) is 24.0 Å². The summed E-state index contributed by atoms with van der Waals surface area (Å²) in [7, 11) is 0. The smallest absolute Gasteiger partial charge is 0.434 e. The summed E-state index contributed by atoms with van der Waals surface area (Å²) in [4.78, 5) is 56.4. The molecule has 11 heteroatoms. The summed E-state index contributed by atoms with van der Waals surface area (Å²) >= 11 is 0. The number of carbonyl (C=O) groups is 4. The molecule has 1 fully saturated rings. The van der Waals surface area contributed by atoms with Crippen LogP contribution in [0.1, 0.15) is 50.3 Å². The first-order valence-corrected chi connectivity index (χ1v) is 14.8. The number of amides is 4. The number of guanidine groups is 1. The molecule has 1 atom stereocenters. The Bertz CT molecular complexity index is 1470. The number of unbranched alkanes of at least 4 members (excludes halogenated alkanes) is 1. The molecule has 0 saturated carbocycles. The fraction of sp³-hybridized carbons (Fsp3) is 0.324. The van der Waals surface area contributed by atoms with E-state index < -0.39 is 29.4 Å². The maximum absolute atomic E-state index is 14.1. The van der Waals surface area contributed by atoms with E-state index in [2.05, 4.69) is 20.9 Å². The van der Waals surface area contributed by atoms with Gasteiger partial charge in [0.25, 0.3) is 5.91 Å². The highest BCUT2D eigenvalue weighted by Gasteiger charge is 2.52. The second-order valence-corrected chi connectivity index (χ2v) is 11.7. The SMILES string of the molecule is CC(C)(C)OC(=O)NC(Cc1ccccc1)C(=O)NCCCCN1C(=O)C(c2ccccc2)(c2ccccc2)NC1=NC(=O)O. The highest BCUT2D eigenvalue weighted by Crippen LogP contribution is 2.36. The zero-order valence-electron chi connectivity index (χ0n) is 25.7. The van der Waals surface area contributed by atoms with Gasteiger partial charge in [-0.25, -0.2) is 9.59 Å². The number of rotatable bonds is 11. The topological polar surface area (TPSA) is 149 Å². The molecule has 3 aromatic rings. The fourth-order valence-corrected chi connectivity index (χ4v) is 5.15. The van der Waals surface area contributed by atoms with E-state index in [9.17, 15) is 24.3 Å². The lowest BCUT2D eigenvalue weighted by Gasteiger charge is -2.28. The normalized spacial score (nSPS) is 15.7. The molecular formula is C34H39N5O6. The van der Waals surface area contributed by atoms with Crippen molar-refractivity contribution < 1.29 is 29.0 Å². The van der Waals surface area contributed by atoms with E-state index in [-0.39, 0.29) is 37.3 Å². The van der Waals surface area contributed by atoms with Crippen LogP contribution in [-0.2, 0) is 26.3 Å². The molecule has 1 aliphatic heterocycles. The Morgan fingerprint density at radius 1 is 0.911 bits per heavy atom. The van der Waals surface area contributed by atoms with Crippen LogP contribution in [0, 0.1) is 0 Å². The van der Waals surface area contributed by atoms with Crippen molar-refractivity contribution in [3.05, 3.63) is 108 Å². The van der Waals surface area contributed by atoms with Gasteiger partial charge in [-0.3, -0.25) is 14.5 Å². The summed E-state index contributed by atoms with van der Waals surface area (Å²) in [5.41, 5.74) is 0.0933. The first-order valence-electron chi connectivity index (χ1n) is 14.8. The Kier molecular flexibility index (Phi) is 10.6. The maximum Gasteiger partial charge on any atom is 0.434 e. The first kappa shape index (κ1) is 32.7. The molecule has 4 amide bonds. The van der Waals surface area contributed by atoms with Crippen LogP contribution >= 0.6 is 0 Å². The third kappa shape index (κ3) is 8.47. The van der Waals surface area contributed by atoms with Gasteiger partial charge in [-0.15, -0.1) is 4.99 Å². The first-order chi connectivity index (χ1) is 21.5. The number of hydrogen-bond donors (Lipinski definition) is 4. The minimum atomic E-state index is -1.43. The van der Waals surface area contributed by atoms with E-state index in [1.807, 2.05) is 91.0 Å². The number of benzene rings is 3. The molecule has 11 nitrogen and oxygen atoms in total. The average Bonchev–Trinajstić information content (AvgIpc) is 3.27. The summed E-state index contributed by atoms with van der Waals surface area (Å²) < 4.78 is 5.36. The van der Waals surface area contributed by atoms with Crippen molar-refractivity contribution in [3.63, 3.8) is 0 Å². The molecule has 4 rings (SSSR count). The number of ether oxygens (including phenoxy) is 1. The van der Waals surface area contributed by atoms with E-state index in [0.717, 1.165) is 5.56 Å². The molecule has 45 heavy (non-hydrogen) atoms. The van der Waals surface area contributed by atoms with Crippen LogP contribution in [-0.4, -0.2) is 64.7 Å². The van der Waals surface area contributed by atoms with E-state index in [1.165, 1.54) is 4.90 Å². The highest BCUT2D eigenvalue weighted by atomic mass is 16.6. The summed E-state index contributed by atoms with van der Waals surface area (Å²) in [6.45, 7) is 5.67. The Balaban J connectivity index is 1.43. The molecular weight excluding hydrogens is 574 g/mol. The zero-order valence-corrected chi connectivity index (χ0v) is 25.7. The van der Waals surface area contributed by atoms with Crippen LogP contribution in [0.4, 0.5) is 9.59 Å². The van der Waals surface area contributed by atoms with Gasteiger partial charge >= 0.3 is 12.2 Å². The molecule has 1 unspecified atom stereocenters. The maximum atomic E-state index is 14.1. The summed E-state index contributed by atoms with van der Waals surface area (Å²) in [6, 6.07) is 26.7. The minimum absolute atomic E-state index is 0.0614. The van der Waals surface area contributed by atoms with Crippen LogP contribution in [0.25, 0.3) is 0 Å². The second kappa shape index (κ2) is 14.5. The van der Waals surface area contributed by atoms with Crippen LogP contribution in [0.3, 0.4) is 0 Å². The van der Waals surface area contributed by atoms with Gasteiger partial charge in [-0.05, 0) is 50.3 Å². The molecule has 236 valence electrons. The fourth-order valence-electron chi connectivity index (χ4n) is 5.15. The van der Waals surface area contributed by atoms with Gasteiger partial charge in [-0.1, -0.05) is 91.0 Å². The monoisotopic (exact) mass is 613 g/mol. The standard InChI is InChI=1S/C34H39N5O6/c1-33(2,3)45-32(44)36-27(23-24-15-7-4-8-16-24)28(40)35-21-13-14-22-39-29(41)34(25-17-9-5-10-18-25,26-19-11-6-12-20-26)38-30(39)37-31(42)43/h4-12,15-20,27H,13-14,21-23H2,1-3H3,(H,35,40)(H,36,44)(H,37,38)(H,42,43). The number of carbonyl (C=O) groups excluding carboxylic acids is 3. The van der Waals surface area contributed by atoms with Gasteiger partial charge < -0.3 is 25.8 Å². The quantitative estimate of drug-likeness (QED) is 0.234. The predicted octanol–water partition coefficient (Wildman–Crippen LogP) is 4.43. The van der Waals surface area contributed by atoms with Crippen molar-refractivity contribution in [2.45, 2.75) is 57.2 Å². The van der Waals surface area contributed by atoms with Crippen molar-refractivity contribution in [3.8, 4) is 0 Å². The summed E-state index contributed by atoms with van der Waals surface area (Å²) in [5, 5.41) is 18.2. The molecule has 0 radical (unpaired) electrons. The molecule has 0 bridgehead atoms. The molecule has 0 aromatic heterocycles.